The SMILES string of the molecule is Clc1ccc(Cc2[nH]cnc2Br)cc1. The Bertz CT molecular complexity index is 422. The summed E-state index contributed by atoms with van der Waals surface area (Å²) in [5.41, 5.74) is 2.28. The molecule has 0 aliphatic carbocycles. The smallest absolute Gasteiger partial charge is 0.127 e. The molecule has 0 spiro atoms. The molecular weight excluding hydrogens is 263 g/mol. The Hall–Kier alpha value is -0.800. The molecule has 2 aromatic rings. The maximum Gasteiger partial charge on any atom is 0.127 e. The largest absolute Gasteiger partial charge is 0.347 e. The van der Waals surface area contributed by atoms with Gasteiger partial charge in [0.1, 0.15) is 4.60 Å². The fourth-order valence-electron chi connectivity index (χ4n) is 1.23. The van der Waals surface area contributed by atoms with Gasteiger partial charge in [-0.25, -0.2) is 4.98 Å². The van der Waals surface area contributed by atoms with Crippen LogP contribution in [0.4, 0.5) is 0 Å². The van der Waals surface area contributed by atoms with Gasteiger partial charge in [0.15, 0.2) is 0 Å². The molecule has 1 aromatic heterocycles. The Morgan fingerprint density at radius 3 is 2.57 bits per heavy atom. The van der Waals surface area contributed by atoms with Crippen LogP contribution in [0.15, 0.2) is 35.2 Å². The molecule has 0 aliphatic heterocycles. The van der Waals surface area contributed by atoms with Crippen LogP contribution < -0.4 is 0 Å². The van der Waals surface area contributed by atoms with E-state index in [1.165, 1.54) is 5.56 Å². The van der Waals surface area contributed by atoms with Crippen LogP contribution in [0.25, 0.3) is 0 Å². The van der Waals surface area contributed by atoms with Gasteiger partial charge < -0.3 is 4.98 Å². The second-order valence-corrected chi connectivity index (χ2v) is 4.16. The topological polar surface area (TPSA) is 28.7 Å². The normalized spacial score (nSPS) is 10.4. The van der Waals surface area contributed by atoms with E-state index in [2.05, 4.69) is 25.9 Å². The lowest BCUT2D eigenvalue weighted by Gasteiger charge is -1.99. The molecule has 0 radical (unpaired) electrons. The van der Waals surface area contributed by atoms with Crippen LogP contribution in [0.5, 0.6) is 0 Å². The second-order valence-electron chi connectivity index (χ2n) is 2.98. The minimum atomic E-state index is 0.762. The molecule has 1 N–H and O–H groups in total. The second kappa shape index (κ2) is 4.15. The Balaban J connectivity index is 2.19. The highest BCUT2D eigenvalue weighted by atomic mass is 79.9. The monoisotopic (exact) mass is 270 g/mol. The molecule has 2 nitrogen and oxygen atoms in total. The molecular formula is C10H8BrClN2. The molecule has 1 heterocycles. The maximum atomic E-state index is 5.80. The van der Waals surface area contributed by atoms with Crippen LogP contribution >= 0.6 is 27.5 Å². The van der Waals surface area contributed by atoms with Gasteiger partial charge in [-0.1, -0.05) is 23.7 Å². The van der Waals surface area contributed by atoms with E-state index in [9.17, 15) is 0 Å². The van der Waals surface area contributed by atoms with E-state index in [0.717, 1.165) is 21.7 Å². The lowest BCUT2D eigenvalue weighted by molar-refractivity contribution is 1.10. The standard InChI is InChI=1S/C10H8BrClN2/c11-10-9(13-6-14-10)5-7-1-3-8(12)4-2-7/h1-4,6H,5H2,(H,13,14). The first-order chi connectivity index (χ1) is 6.75. The van der Waals surface area contributed by atoms with Crippen molar-refractivity contribution in [3.8, 4) is 0 Å². The Kier molecular flexibility index (Phi) is 2.89. The summed E-state index contributed by atoms with van der Waals surface area (Å²) in [5, 5.41) is 0.762. The lowest BCUT2D eigenvalue weighted by Crippen LogP contribution is -1.88. The first-order valence-electron chi connectivity index (χ1n) is 4.18. The quantitative estimate of drug-likeness (QED) is 0.891. The average Bonchev–Trinajstić information content (AvgIpc) is 2.56. The van der Waals surface area contributed by atoms with E-state index in [4.69, 9.17) is 11.6 Å². The van der Waals surface area contributed by atoms with Gasteiger partial charge in [0.05, 0.1) is 12.0 Å². The molecule has 0 amide bonds. The zero-order chi connectivity index (χ0) is 9.97. The molecule has 0 atom stereocenters. The van der Waals surface area contributed by atoms with Crippen LogP contribution in [0, 0.1) is 0 Å². The molecule has 14 heavy (non-hydrogen) atoms. The number of hydrogen-bond acceptors (Lipinski definition) is 1. The average molecular weight is 272 g/mol. The molecule has 72 valence electrons. The van der Waals surface area contributed by atoms with Gasteiger partial charge in [0.25, 0.3) is 0 Å². The molecule has 2 rings (SSSR count). The summed E-state index contributed by atoms with van der Waals surface area (Å²) in [5.74, 6) is 0. The first kappa shape index (κ1) is 9.74. The van der Waals surface area contributed by atoms with E-state index in [0.29, 0.717) is 0 Å². The van der Waals surface area contributed by atoms with Gasteiger partial charge in [-0.05, 0) is 33.6 Å². The fourth-order valence-corrected chi connectivity index (χ4v) is 1.72. The number of aromatic nitrogens is 2. The molecule has 1 aromatic carbocycles. The summed E-state index contributed by atoms with van der Waals surface area (Å²) < 4.78 is 0.868. The van der Waals surface area contributed by atoms with Gasteiger partial charge in [-0.2, -0.15) is 0 Å². The summed E-state index contributed by atoms with van der Waals surface area (Å²) in [6.07, 6.45) is 2.51. The molecule has 0 aliphatic rings. The molecule has 0 saturated carbocycles. The van der Waals surface area contributed by atoms with Crippen molar-refractivity contribution in [2.75, 3.05) is 0 Å². The molecule has 0 fully saturated rings. The van der Waals surface area contributed by atoms with Crippen LogP contribution in [0.3, 0.4) is 0 Å². The molecule has 0 bridgehead atoms. The van der Waals surface area contributed by atoms with Crippen LogP contribution in [0.2, 0.25) is 5.02 Å². The van der Waals surface area contributed by atoms with Gasteiger partial charge in [-0.15, -0.1) is 0 Å². The number of nitrogens with zero attached hydrogens (tertiary/aromatic N) is 1. The third kappa shape index (κ3) is 2.16. The highest BCUT2D eigenvalue weighted by Gasteiger charge is 2.02. The number of benzene rings is 1. The number of H-pyrrole nitrogens is 1. The van der Waals surface area contributed by atoms with E-state index in [-0.39, 0.29) is 0 Å². The minimum Gasteiger partial charge on any atom is -0.347 e. The summed E-state index contributed by atoms with van der Waals surface area (Å²) >= 11 is 9.17. The predicted octanol–water partition coefficient (Wildman–Crippen LogP) is 3.42. The number of halogens is 2. The fraction of sp³-hybridized carbons (Fsp3) is 0.100. The van der Waals surface area contributed by atoms with Crippen molar-refractivity contribution in [3.63, 3.8) is 0 Å². The third-order valence-electron chi connectivity index (χ3n) is 1.96. The van der Waals surface area contributed by atoms with Gasteiger partial charge >= 0.3 is 0 Å². The summed E-state index contributed by atoms with van der Waals surface area (Å²) in [6, 6.07) is 7.80. The predicted molar refractivity (Wildman–Crippen MR) is 60.5 cm³/mol. The summed E-state index contributed by atoms with van der Waals surface area (Å²) in [6.45, 7) is 0. The maximum absolute atomic E-state index is 5.80. The highest BCUT2D eigenvalue weighted by Crippen LogP contribution is 2.17. The summed E-state index contributed by atoms with van der Waals surface area (Å²) in [4.78, 5) is 7.14. The summed E-state index contributed by atoms with van der Waals surface area (Å²) in [7, 11) is 0. The number of hydrogen-bond donors (Lipinski definition) is 1. The first-order valence-corrected chi connectivity index (χ1v) is 5.35. The molecule has 0 saturated heterocycles. The van der Waals surface area contributed by atoms with Crippen molar-refractivity contribution < 1.29 is 0 Å². The zero-order valence-electron chi connectivity index (χ0n) is 7.30. The lowest BCUT2D eigenvalue weighted by atomic mass is 10.1. The van der Waals surface area contributed by atoms with Crippen molar-refractivity contribution in [3.05, 3.63) is 51.5 Å². The van der Waals surface area contributed by atoms with Gasteiger partial charge in [0.2, 0.25) is 0 Å². The molecule has 4 heteroatoms. The van der Waals surface area contributed by atoms with Crippen molar-refractivity contribution in [2.24, 2.45) is 0 Å². The van der Waals surface area contributed by atoms with Crippen LogP contribution in [-0.2, 0) is 6.42 Å². The van der Waals surface area contributed by atoms with Crippen molar-refractivity contribution >= 4 is 27.5 Å². The van der Waals surface area contributed by atoms with Gasteiger partial charge in [-0.3, -0.25) is 0 Å². The Morgan fingerprint density at radius 1 is 1.29 bits per heavy atom. The van der Waals surface area contributed by atoms with Crippen molar-refractivity contribution in [1.29, 1.82) is 0 Å². The Morgan fingerprint density at radius 2 is 2.00 bits per heavy atom. The van der Waals surface area contributed by atoms with Crippen LogP contribution in [-0.4, -0.2) is 9.97 Å². The number of aromatic amines is 1. The minimum absolute atomic E-state index is 0.762. The highest BCUT2D eigenvalue weighted by molar-refractivity contribution is 9.10. The number of imidazole rings is 1. The van der Waals surface area contributed by atoms with E-state index in [1.807, 2.05) is 24.3 Å². The van der Waals surface area contributed by atoms with Crippen molar-refractivity contribution in [1.82, 2.24) is 9.97 Å². The Labute approximate surface area is 95.5 Å². The van der Waals surface area contributed by atoms with E-state index < -0.39 is 0 Å². The van der Waals surface area contributed by atoms with E-state index >= 15 is 0 Å². The van der Waals surface area contributed by atoms with Gasteiger partial charge in [0, 0.05) is 11.4 Å². The molecule has 0 unspecified atom stereocenters. The van der Waals surface area contributed by atoms with E-state index in [1.54, 1.807) is 6.33 Å². The number of rotatable bonds is 2. The number of nitrogens with one attached hydrogen (secondary N) is 1. The van der Waals surface area contributed by atoms with Crippen molar-refractivity contribution in [2.45, 2.75) is 6.42 Å². The zero-order valence-corrected chi connectivity index (χ0v) is 9.64. The van der Waals surface area contributed by atoms with Crippen LogP contribution in [0.1, 0.15) is 11.3 Å². The third-order valence-corrected chi connectivity index (χ3v) is 2.90.